The second kappa shape index (κ2) is 6.09. The van der Waals surface area contributed by atoms with E-state index in [4.69, 9.17) is 0 Å². The van der Waals surface area contributed by atoms with Crippen molar-refractivity contribution in [3.8, 4) is 0 Å². The predicted molar refractivity (Wildman–Crippen MR) is 78.5 cm³/mol. The predicted octanol–water partition coefficient (Wildman–Crippen LogP) is 2.10. The number of nitrogens with one attached hydrogen (secondary N) is 1. The first-order valence-corrected chi connectivity index (χ1v) is 8.07. The number of urea groups is 1. The third-order valence-corrected chi connectivity index (χ3v) is 4.06. The average Bonchev–Trinajstić information content (AvgIpc) is 2.90. The van der Waals surface area contributed by atoms with Crippen LogP contribution in [-0.2, 0) is 10.0 Å². The van der Waals surface area contributed by atoms with Gasteiger partial charge in [0.05, 0.1) is 5.41 Å². The van der Waals surface area contributed by atoms with Gasteiger partial charge >= 0.3 is 6.03 Å². The van der Waals surface area contributed by atoms with E-state index >= 15 is 0 Å². The maximum Gasteiger partial charge on any atom is 0.331 e. The fourth-order valence-electron chi connectivity index (χ4n) is 2.08. The Kier molecular flexibility index (Phi) is 4.44. The Morgan fingerprint density at radius 1 is 1.30 bits per heavy atom. The molecular weight excluding hydrogens is 276 g/mol. The quantitative estimate of drug-likeness (QED) is 0.928. The highest BCUT2D eigenvalue weighted by molar-refractivity contribution is 7.93. The number of carbonyl (C=O) groups excluding carboxylic acids is 1. The van der Waals surface area contributed by atoms with Crippen LogP contribution in [0, 0.1) is 6.92 Å². The minimum Gasteiger partial charge on any atom is -0.324 e. The van der Waals surface area contributed by atoms with Gasteiger partial charge in [0.25, 0.3) is 10.0 Å². The van der Waals surface area contributed by atoms with Crippen molar-refractivity contribution >= 4 is 22.1 Å². The summed E-state index contributed by atoms with van der Waals surface area (Å²) in [4.78, 5) is 13.2. The van der Waals surface area contributed by atoms with Gasteiger partial charge in [0, 0.05) is 13.1 Å². The van der Waals surface area contributed by atoms with E-state index in [0.717, 1.165) is 29.4 Å². The van der Waals surface area contributed by atoms with Crippen molar-refractivity contribution in [2.45, 2.75) is 19.8 Å². The van der Waals surface area contributed by atoms with Crippen molar-refractivity contribution in [3.05, 3.63) is 40.8 Å². The Morgan fingerprint density at radius 3 is 2.65 bits per heavy atom. The first-order valence-electron chi connectivity index (χ1n) is 6.53. The summed E-state index contributed by atoms with van der Waals surface area (Å²) in [6.07, 6.45) is 3.33. The molecule has 1 aliphatic heterocycles. The van der Waals surface area contributed by atoms with E-state index in [1.165, 1.54) is 11.0 Å². The summed E-state index contributed by atoms with van der Waals surface area (Å²) in [6, 6.07) is 6.91. The van der Waals surface area contributed by atoms with Gasteiger partial charge in [0.2, 0.25) is 0 Å². The largest absolute Gasteiger partial charge is 0.331 e. The Labute approximate surface area is 119 Å². The molecular formula is C14H18N2O3S. The lowest BCUT2D eigenvalue weighted by Gasteiger charge is -2.14. The van der Waals surface area contributed by atoms with E-state index < -0.39 is 16.1 Å². The van der Waals surface area contributed by atoms with Crippen LogP contribution in [0.5, 0.6) is 0 Å². The fraction of sp³-hybridized carbons (Fsp3) is 0.357. The molecule has 2 amide bonds. The second-order valence-corrected chi connectivity index (χ2v) is 6.43. The molecule has 0 atom stereocenters. The third-order valence-electron chi connectivity index (χ3n) is 3.10. The zero-order valence-corrected chi connectivity index (χ0v) is 12.2. The molecule has 0 unspecified atom stereocenters. The maximum atomic E-state index is 11.8. The van der Waals surface area contributed by atoms with Crippen LogP contribution >= 0.6 is 0 Å². The molecule has 1 aromatic rings. The molecule has 1 saturated heterocycles. The van der Waals surface area contributed by atoms with E-state index in [2.05, 4.69) is 4.72 Å². The minimum absolute atomic E-state index is 0.545. The molecule has 2 rings (SSSR count). The first-order chi connectivity index (χ1) is 9.46. The number of aryl methyl sites for hydroxylation is 1. The second-order valence-electron chi connectivity index (χ2n) is 4.86. The summed E-state index contributed by atoms with van der Waals surface area (Å²) in [7, 11) is -3.75. The van der Waals surface area contributed by atoms with Gasteiger partial charge in [0.15, 0.2) is 0 Å². The molecule has 1 aromatic carbocycles. The van der Waals surface area contributed by atoms with Crippen molar-refractivity contribution < 1.29 is 13.2 Å². The first kappa shape index (κ1) is 14.6. The number of amides is 2. The monoisotopic (exact) mass is 294 g/mol. The lowest BCUT2D eigenvalue weighted by molar-refractivity contribution is 0.215. The highest BCUT2D eigenvalue weighted by atomic mass is 32.2. The van der Waals surface area contributed by atoms with Gasteiger partial charge in [-0.1, -0.05) is 29.8 Å². The van der Waals surface area contributed by atoms with Gasteiger partial charge in [-0.25, -0.2) is 17.9 Å². The molecule has 0 spiro atoms. The van der Waals surface area contributed by atoms with Crippen molar-refractivity contribution in [2.24, 2.45) is 0 Å². The molecule has 0 radical (unpaired) electrons. The Balaban J connectivity index is 2.01. The number of hydrogen-bond donors (Lipinski definition) is 1. The lowest BCUT2D eigenvalue weighted by atomic mass is 10.1. The van der Waals surface area contributed by atoms with Gasteiger partial charge in [-0.3, -0.25) is 0 Å². The molecule has 0 bridgehead atoms. The number of benzene rings is 1. The Bertz CT molecular complexity index is 617. The molecule has 1 aliphatic rings. The zero-order valence-electron chi connectivity index (χ0n) is 11.4. The summed E-state index contributed by atoms with van der Waals surface area (Å²) in [6.45, 7) is 3.16. The normalized spacial score (nSPS) is 15.8. The van der Waals surface area contributed by atoms with E-state index in [9.17, 15) is 13.2 Å². The van der Waals surface area contributed by atoms with Crippen molar-refractivity contribution in [1.29, 1.82) is 0 Å². The minimum atomic E-state index is -3.75. The van der Waals surface area contributed by atoms with Gasteiger partial charge in [-0.05, 0) is 31.4 Å². The van der Waals surface area contributed by atoms with Crippen molar-refractivity contribution in [2.75, 3.05) is 13.1 Å². The number of likely N-dealkylation sites (tertiary alicyclic amines) is 1. The number of rotatable bonds is 3. The van der Waals surface area contributed by atoms with Gasteiger partial charge in [-0.2, -0.15) is 0 Å². The Morgan fingerprint density at radius 2 is 2.00 bits per heavy atom. The van der Waals surface area contributed by atoms with Crippen LogP contribution in [-0.4, -0.2) is 32.4 Å². The lowest BCUT2D eigenvalue weighted by Crippen LogP contribution is -2.40. The SMILES string of the molecule is Cc1cccc(/C=C/S(=O)(=O)NC(=O)N2CCCC2)c1. The van der Waals surface area contributed by atoms with Gasteiger partial charge in [0.1, 0.15) is 0 Å². The fourth-order valence-corrected chi connectivity index (χ4v) is 2.86. The van der Waals surface area contributed by atoms with Crippen LogP contribution in [0.4, 0.5) is 4.79 Å². The summed E-state index contributed by atoms with van der Waals surface area (Å²) in [5.41, 5.74) is 1.83. The highest BCUT2D eigenvalue weighted by Gasteiger charge is 2.21. The van der Waals surface area contributed by atoms with Gasteiger partial charge in [-0.15, -0.1) is 0 Å². The summed E-state index contributed by atoms with van der Waals surface area (Å²) >= 11 is 0. The molecule has 6 heteroatoms. The van der Waals surface area contributed by atoms with E-state index in [0.29, 0.717) is 13.1 Å². The molecule has 1 fully saturated rings. The van der Waals surface area contributed by atoms with E-state index in [1.807, 2.05) is 25.1 Å². The molecule has 0 aliphatic carbocycles. The summed E-state index contributed by atoms with van der Waals surface area (Å²) in [5.74, 6) is 0. The molecule has 5 nitrogen and oxygen atoms in total. The zero-order chi connectivity index (χ0) is 14.6. The smallest absolute Gasteiger partial charge is 0.324 e. The topological polar surface area (TPSA) is 66.5 Å². The van der Waals surface area contributed by atoms with Crippen LogP contribution in [0.2, 0.25) is 0 Å². The molecule has 1 heterocycles. The highest BCUT2D eigenvalue weighted by Crippen LogP contribution is 2.09. The number of carbonyl (C=O) groups is 1. The summed E-state index contributed by atoms with van der Waals surface area (Å²) in [5, 5.41) is 1.02. The Hall–Kier alpha value is -1.82. The van der Waals surface area contributed by atoms with Crippen LogP contribution in [0.15, 0.2) is 29.7 Å². The summed E-state index contributed by atoms with van der Waals surface area (Å²) < 4.78 is 25.7. The molecule has 0 saturated carbocycles. The number of sulfonamides is 1. The molecule has 108 valence electrons. The van der Waals surface area contributed by atoms with Crippen LogP contribution in [0.25, 0.3) is 6.08 Å². The van der Waals surface area contributed by atoms with Gasteiger partial charge < -0.3 is 4.90 Å². The molecule has 20 heavy (non-hydrogen) atoms. The molecule has 0 aromatic heterocycles. The van der Waals surface area contributed by atoms with E-state index in [-0.39, 0.29) is 0 Å². The standard InChI is InChI=1S/C14H18N2O3S/c1-12-5-4-6-13(11-12)7-10-20(18,19)15-14(17)16-8-2-3-9-16/h4-7,10-11H,2-3,8-9H2,1H3,(H,15,17)/b10-7+. The number of nitrogens with zero attached hydrogens (tertiary/aromatic N) is 1. The van der Waals surface area contributed by atoms with Crippen molar-refractivity contribution in [1.82, 2.24) is 9.62 Å². The van der Waals surface area contributed by atoms with E-state index in [1.54, 1.807) is 6.07 Å². The van der Waals surface area contributed by atoms with Crippen LogP contribution < -0.4 is 4.72 Å². The third kappa shape index (κ3) is 4.09. The van der Waals surface area contributed by atoms with Crippen LogP contribution in [0.1, 0.15) is 24.0 Å². The van der Waals surface area contributed by atoms with Crippen LogP contribution in [0.3, 0.4) is 0 Å². The molecule has 1 N–H and O–H groups in total. The van der Waals surface area contributed by atoms with Crippen molar-refractivity contribution in [3.63, 3.8) is 0 Å². The number of hydrogen-bond acceptors (Lipinski definition) is 3. The average molecular weight is 294 g/mol. The maximum absolute atomic E-state index is 11.8.